The Morgan fingerprint density at radius 1 is 0.966 bits per heavy atom. The highest BCUT2D eigenvalue weighted by atomic mass is 16.3. The first-order valence-corrected chi connectivity index (χ1v) is 12.1. The third-order valence-electron chi connectivity index (χ3n) is 9.98. The first-order chi connectivity index (χ1) is 13.9. The molecule has 4 saturated carbocycles. The summed E-state index contributed by atoms with van der Waals surface area (Å²) in [4.78, 5) is 5.05. The van der Waals surface area contributed by atoms with Gasteiger partial charge in [-0.25, -0.2) is 4.98 Å². The van der Waals surface area contributed by atoms with Gasteiger partial charge in [0.25, 0.3) is 0 Å². The van der Waals surface area contributed by atoms with E-state index in [2.05, 4.69) is 48.8 Å². The topological polar surface area (TPSA) is 37.5 Å². The maximum atomic E-state index is 10.6. The summed E-state index contributed by atoms with van der Waals surface area (Å²) >= 11 is 0. The lowest BCUT2D eigenvalue weighted by molar-refractivity contribution is -0.0959. The highest BCUT2D eigenvalue weighted by Crippen LogP contribution is 2.66. The molecule has 2 aromatic heterocycles. The molecule has 0 amide bonds. The van der Waals surface area contributed by atoms with E-state index in [4.69, 9.17) is 4.98 Å². The monoisotopic (exact) mass is 392 g/mol. The normalized spacial score (nSPS) is 46.9. The third kappa shape index (κ3) is 2.76. The average molecular weight is 393 g/mol. The fourth-order valence-electron chi connectivity index (χ4n) is 8.69. The zero-order valence-electron chi connectivity index (χ0n) is 18.1. The minimum atomic E-state index is -0.404. The Kier molecular flexibility index (Phi) is 4.02. The molecule has 0 radical (unpaired) electrons. The van der Waals surface area contributed by atoms with E-state index in [9.17, 15) is 5.11 Å². The van der Waals surface area contributed by atoms with Crippen LogP contribution >= 0.6 is 0 Å². The van der Waals surface area contributed by atoms with Crippen LogP contribution in [0.2, 0.25) is 0 Å². The molecule has 0 aromatic carbocycles. The number of fused-ring (bicyclic) bond motifs is 6. The number of pyridine rings is 1. The minimum Gasteiger partial charge on any atom is -0.390 e. The standard InChI is InChI=1S/C26H36N2O/c1-25(29)12-10-18-17(15-25)6-7-20-19(18)11-13-26(2)21(20)8-9-22(26)23-16-28-14-4-3-5-24(28)27-23/h3-5,14,16-22,29H,6-13,15H2,1-2H3/t17-,18-,19+,20?,21-,22+,25+,26-/m0/s1. The molecule has 29 heavy (non-hydrogen) atoms. The Bertz CT molecular complexity index is 883. The molecule has 0 saturated heterocycles. The Morgan fingerprint density at radius 2 is 1.83 bits per heavy atom. The van der Waals surface area contributed by atoms with Gasteiger partial charge in [0.2, 0.25) is 0 Å². The van der Waals surface area contributed by atoms with Crippen molar-refractivity contribution < 1.29 is 5.11 Å². The van der Waals surface area contributed by atoms with Crippen molar-refractivity contribution in [2.24, 2.45) is 35.0 Å². The molecule has 1 N–H and O–H groups in total. The smallest absolute Gasteiger partial charge is 0.136 e. The zero-order valence-corrected chi connectivity index (χ0v) is 18.1. The Balaban J connectivity index is 1.27. The molecule has 6 rings (SSSR count). The lowest BCUT2D eigenvalue weighted by Gasteiger charge is -2.57. The van der Waals surface area contributed by atoms with Crippen molar-refractivity contribution in [1.29, 1.82) is 0 Å². The molecular weight excluding hydrogens is 356 g/mol. The molecule has 8 atom stereocenters. The number of hydrogen-bond donors (Lipinski definition) is 1. The summed E-state index contributed by atoms with van der Waals surface area (Å²) in [5.41, 5.74) is 2.45. The highest BCUT2D eigenvalue weighted by Gasteiger charge is 2.58. The van der Waals surface area contributed by atoms with Gasteiger partial charge in [-0.05, 0) is 112 Å². The van der Waals surface area contributed by atoms with Gasteiger partial charge in [0.05, 0.1) is 11.3 Å². The molecule has 1 unspecified atom stereocenters. The van der Waals surface area contributed by atoms with Crippen molar-refractivity contribution >= 4 is 5.65 Å². The number of aliphatic hydroxyl groups is 1. The molecule has 0 spiro atoms. The molecule has 0 bridgehead atoms. The first-order valence-electron chi connectivity index (χ1n) is 12.1. The van der Waals surface area contributed by atoms with Crippen molar-refractivity contribution in [3.63, 3.8) is 0 Å². The first kappa shape index (κ1) is 18.4. The van der Waals surface area contributed by atoms with Gasteiger partial charge in [-0.3, -0.25) is 0 Å². The molecule has 2 aromatic rings. The van der Waals surface area contributed by atoms with E-state index in [0.29, 0.717) is 11.3 Å². The molecular formula is C26H36N2O. The summed E-state index contributed by atoms with van der Waals surface area (Å²) in [6.45, 7) is 4.68. The van der Waals surface area contributed by atoms with E-state index in [-0.39, 0.29) is 0 Å². The Morgan fingerprint density at radius 3 is 2.69 bits per heavy atom. The molecule has 4 fully saturated rings. The van der Waals surface area contributed by atoms with Gasteiger partial charge in [0.15, 0.2) is 0 Å². The largest absolute Gasteiger partial charge is 0.390 e. The van der Waals surface area contributed by atoms with Gasteiger partial charge in [0.1, 0.15) is 5.65 Å². The van der Waals surface area contributed by atoms with Crippen molar-refractivity contribution in [2.75, 3.05) is 0 Å². The van der Waals surface area contributed by atoms with E-state index in [0.717, 1.165) is 48.1 Å². The molecule has 3 heteroatoms. The minimum absolute atomic E-state index is 0.404. The number of rotatable bonds is 1. The number of aromatic nitrogens is 2. The van der Waals surface area contributed by atoms with Crippen molar-refractivity contribution in [2.45, 2.75) is 83.2 Å². The Labute approximate surface area is 174 Å². The summed E-state index contributed by atoms with van der Waals surface area (Å²) in [7, 11) is 0. The van der Waals surface area contributed by atoms with Gasteiger partial charge in [-0.1, -0.05) is 13.0 Å². The van der Waals surface area contributed by atoms with Gasteiger partial charge in [-0.15, -0.1) is 0 Å². The quantitative estimate of drug-likeness (QED) is 0.664. The second kappa shape index (κ2) is 6.33. The second-order valence-electron chi connectivity index (χ2n) is 11.5. The van der Waals surface area contributed by atoms with Crippen LogP contribution in [-0.4, -0.2) is 20.1 Å². The number of hydrogen-bond acceptors (Lipinski definition) is 2. The fourth-order valence-corrected chi connectivity index (χ4v) is 8.69. The molecule has 4 aliphatic carbocycles. The lowest BCUT2D eigenvalue weighted by atomic mass is 9.49. The summed E-state index contributed by atoms with van der Waals surface area (Å²) in [5, 5.41) is 10.6. The van der Waals surface area contributed by atoms with Crippen LogP contribution in [0.5, 0.6) is 0 Å². The van der Waals surface area contributed by atoms with Crippen molar-refractivity contribution in [3.05, 3.63) is 36.3 Å². The highest BCUT2D eigenvalue weighted by molar-refractivity contribution is 5.40. The van der Waals surface area contributed by atoms with Crippen LogP contribution in [0, 0.1) is 35.0 Å². The van der Waals surface area contributed by atoms with E-state index in [1.807, 2.05) is 0 Å². The van der Waals surface area contributed by atoms with E-state index >= 15 is 0 Å². The van der Waals surface area contributed by atoms with E-state index < -0.39 is 5.60 Å². The van der Waals surface area contributed by atoms with Gasteiger partial charge in [-0.2, -0.15) is 0 Å². The predicted octanol–water partition coefficient (Wildman–Crippen LogP) is 5.82. The summed E-state index contributed by atoms with van der Waals surface area (Å²) in [6.07, 6.45) is 16.0. The van der Waals surface area contributed by atoms with Crippen molar-refractivity contribution in [1.82, 2.24) is 9.38 Å². The van der Waals surface area contributed by atoms with Crippen LogP contribution in [0.25, 0.3) is 5.65 Å². The SMILES string of the molecule is C[C@@]1(O)CC[C@H]2[C@@H](CCC3[C@@H]2CC[C@]2(C)[C@@H](c4cn5ccccc5n4)CC[C@@H]32)C1. The molecule has 4 aliphatic rings. The maximum absolute atomic E-state index is 10.6. The summed E-state index contributed by atoms with van der Waals surface area (Å²) in [6, 6.07) is 6.33. The van der Waals surface area contributed by atoms with E-state index in [1.165, 1.54) is 50.6 Å². The Hall–Kier alpha value is -1.35. The second-order valence-corrected chi connectivity index (χ2v) is 11.5. The van der Waals surface area contributed by atoms with Crippen LogP contribution in [0.15, 0.2) is 30.6 Å². The average Bonchev–Trinajstić information content (AvgIpc) is 3.27. The van der Waals surface area contributed by atoms with Crippen molar-refractivity contribution in [3.8, 4) is 0 Å². The van der Waals surface area contributed by atoms with Crippen LogP contribution < -0.4 is 0 Å². The van der Waals surface area contributed by atoms with Crippen LogP contribution in [0.3, 0.4) is 0 Å². The van der Waals surface area contributed by atoms with Crippen LogP contribution in [0.4, 0.5) is 0 Å². The molecule has 2 heterocycles. The predicted molar refractivity (Wildman–Crippen MR) is 116 cm³/mol. The number of imidazole rings is 1. The van der Waals surface area contributed by atoms with E-state index in [1.54, 1.807) is 0 Å². The van der Waals surface area contributed by atoms with Crippen LogP contribution in [-0.2, 0) is 0 Å². The zero-order chi connectivity index (χ0) is 19.8. The number of nitrogens with zero attached hydrogens (tertiary/aromatic N) is 2. The van der Waals surface area contributed by atoms with Gasteiger partial charge in [0, 0.05) is 18.3 Å². The summed E-state index contributed by atoms with van der Waals surface area (Å²) < 4.78 is 2.21. The molecule has 3 nitrogen and oxygen atoms in total. The lowest BCUT2D eigenvalue weighted by Crippen LogP contribution is -2.50. The molecule has 156 valence electrons. The molecule has 0 aliphatic heterocycles. The third-order valence-corrected chi connectivity index (χ3v) is 9.98. The summed E-state index contributed by atoms with van der Waals surface area (Å²) in [5.74, 6) is 4.99. The maximum Gasteiger partial charge on any atom is 0.136 e. The van der Waals surface area contributed by atoms with Gasteiger partial charge < -0.3 is 9.51 Å². The fraction of sp³-hybridized carbons (Fsp3) is 0.731. The van der Waals surface area contributed by atoms with Crippen LogP contribution in [0.1, 0.15) is 83.2 Å². The van der Waals surface area contributed by atoms with Gasteiger partial charge >= 0.3 is 0 Å².